The van der Waals surface area contributed by atoms with E-state index in [2.05, 4.69) is 0 Å². The van der Waals surface area contributed by atoms with Crippen molar-refractivity contribution in [3.05, 3.63) is 65.2 Å². The van der Waals surface area contributed by atoms with Crippen molar-refractivity contribution in [1.29, 1.82) is 0 Å². The molecule has 2 aromatic rings. The lowest BCUT2D eigenvalue weighted by atomic mass is 9.93. The molecule has 0 heterocycles. The Labute approximate surface area is 124 Å². The molecule has 1 unspecified atom stereocenters. The molecule has 0 aromatic heterocycles. The molecule has 1 aliphatic carbocycles. The van der Waals surface area contributed by atoms with Crippen LogP contribution in [-0.4, -0.2) is 25.7 Å². The molecule has 0 spiro atoms. The van der Waals surface area contributed by atoms with E-state index in [0.717, 1.165) is 11.3 Å². The van der Waals surface area contributed by atoms with Crippen LogP contribution in [0.1, 0.15) is 26.3 Å². The highest BCUT2D eigenvalue weighted by Gasteiger charge is 2.36. The fourth-order valence-electron chi connectivity index (χ4n) is 2.91. The number of Topliss-reactive ketones (excluding diaryl/α,β-unsaturated/α-hetero) is 2. The van der Waals surface area contributed by atoms with Crippen molar-refractivity contribution in [1.82, 2.24) is 0 Å². The summed E-state index contributed by atoms with van der Waals surface area (Å²) in [6, 6.07) is 14.9. The minimum absolute atomic E-state index is 0.0517. The van der Waals surface area contributed by atoms with Crippen LogP contribution in [0.2, 0.25) is 0 Å². The molecule has 2 aromatic carbocycles. The summed E-state index contributed by atoms with van der Waals surface area (Å²) in [5.41, 5.74) is 3.14. The van der Waals surface area contributed by atoms with E-state index in [1.807, 2.05) is 61.5 Å². The Morgan fingerprint density at radius 1 is 1.05 bits per heavy atom. The number of carbonyl (C=O) groups excluding carboxylic acids is 2. The van der Waals surface area contributed by atoms with E-state index >= 15 is 0 Å². The molecular weight excluding hydrogens is 262 g/mol. The zero-order chi connectivity index (χ0) is 15.0. The second kappa shape index (κ2) is 5.17. The van der Waals surface area contributed by atoms with Gasteiger partial charge in [0.2, 0.25) is 0 Å². The standard InChI is InChI=1S/C18H17NO2/c1-19(2)16-10-6-5-9-14(16)18(21)15-11-12-7-3-4-8-13(12)17(15)20/h3-10,15H,11H2,1-2H3. The molecule has 0 fully saturated rings. The maximum absolute atomic E-state index is 12.8. The predicted molar refractivity (Wildman–Crippen MR) is 83.1 cm³/mol. The van der Waals surface area contributed by atoms with Gasteiger partial charge in [0.15, 0.2) is 11.6 Å². The van der Waals surface area contributed by atoms with Crippen molar-refractivity contribution < 1.29 is 9.59 Å². The zero-order valence-electron chi connectivity index (χ0n) is 12.2. The number of fused-ring (bicyclic) bond motifs is 1. The fourth-order valence-corrected chi connectivity index (χ4v) is 2.91. The molecule has 0 N–H and O–H groups in total. The molecule has 0 amide bonds. The number of benzene rings is 2. The molecule has 3 rings (SSSR count). The molecule has 1 atom stereocenters. The maximum Gasteiger partial charge on any atom is 0.176 e. The molecule has 106 valence electrons. The highest BCUT2D eigenvalue weighted by Crippen LogP contribution is 2.31. The van der Waals surface area contributed by atoms with Gasteiger partial charge in [0, 0.05) is 30.9 Å². The number of anilines is 1. The van der Waals surface area contributed by atoms with Crippen molar-refractivity contribution in [2.45, 2.75) is 6.42 Å². The first-order valence-electron chi connectivity index (χ1n) is 7.02. The van der Waals surface area contributed by atoms with Crippen LogP contribution in [0.5, 0.6) is 0 Å². The average Bonchev–Trinajstić information content (AvgIpc) is 2.84. The summed E-state index contributed by atoms with van der Waals surface area (Å²) in [5.74, 6) is -0.715. The highest BCUT2D eigenvalue weighted by molar-refractivity contribution is 6.20. The van der Waals surface area contributed by atoms with Gasteiger partial charge in [-0.25, -0.2) is 0 Å². The third-order valence-corrected chi connectivity index (χ3v) is 3.99. The van der Waals surface area contributed by atoms with E-state index in [4.69, 9.17) is 0 Å². The van der Waals surface area contributed by atoms with Crippen LogP contribution in [0.3, 0.4) is 0 Å². The molecule has 3 heteroatoms. The van der Waals surface area contributed by atoms with E-state index in [9.17, 15) is 9.59 Å². The lowest BCUT2D eigenvalue weighted by molar-refractivity contribution is 0.0822. The Bertz CT molecular complexity index is 719. The van der Waals surface area contributed by atoms with Crippen molar-refractivity contribution in [3.8, 4) is 0 Å². The van der Waals surface area contributed by atoms with Crippen LogP contribution < -0.4 is 4.90 Å². The molecule has 1 aliphatic rings. The smallest absolute Gasteiger partial charge is 0.176 e. The topological polar surface area (TPSA) is 37.4 Å². The summed E-state index contributed by atoms with van der Waals surface area (Å²) in [5, 5.41) is 0. The van der Waals surface area contributed by atoms with Crippen LogP contribution >= 0.6 is 0 Å². The van der Waals surface area contributed by atoms with Crippen LogP contribution in [-0.2, 0) is 6.42 Å². The first-order valence-corrected chi connectivity index (χ1v) is 7.02. The fraction of sp³-hybridized carbons (Fsp3) is 0.222. The molecule has 0 saturated carbocycles. The number of rotatable bonds is 3. The Kier molecular flexibility index (Phi) is 3.34. The van der Waals surface area contributed by atoms with Gasteiger partial charge >= 0.3 is 0 Å². The van der Waals surface area contributed by atoms with Gasteiger partial charge in [-0.05, 0) is 24.1 Å². The van der Waals surface area contributed by atoms with Gasteiger partial charge in [-0.3, -0.25) is 9.59 Å². The van der Waals surface area contributed by atoms with Gasteiger partial charge < -0.3 is 4.90 Å². The Hall–Kier alpha value is -2.42. The minimum Gasteiger partial charge on any atom is -0.377 e. The van der Waals surface area contributed by atoms with Gasteiger partial charge in [0.25, 0.3) is 0 Å². The molecule has 0 radical (unpaired) electrons. The largest absolute Gasteiger partial charge is 0.377 e. The summed E-state index contributed by atoms with van der Waals surface area (Å²) in [7, 11) is 3.80. The van der Waals surface area contributed by atoms with E-state index in [0.29, 0.717) is 17.5 Å². The maximum atomic E-state index is 12.8. The van der Waals surface area contributed by atoms with Gasteiger partial charge in [-0.2, -0.15) is 0 Å². The number of nitrogens with zero attached hydrogens (tertiary/aromatic N) is 1. The molecule has 3 nitrogen and oxygen atoms in total. The number of para-hydroxylation sites is 1. The lowest BCUT2D eigenvalue weighted by Crippen LogP contribution is -2.23. The Morgan fingerprint density at radius 2 is 1.71 bits per heavy atom. The van der Waals surface area contributed by atoms with Crippen LogP contribution in [0.25, 0.3) is 0 Å². The monoisotopic (exact) mass is 279 g/mol. The highest BCUT2D eigenvalue weighted by atomic mass is 16.2. The van der Waals surface area contributed by atoms with Crippen molar-refractivity contribution in [2.24, 2.45) is 5.92 Å². The third kappa shape index (κ3) is 2.25. The lowest BCUT2D eigenvalue weighted by Gasteiger charge is -2.18. The van der Waals surface area contributed by atoms with E-state index in [1.165, 1.54) is 0 Å². The molecule has 21 heavy (non-hydrogen) atoms. The van der Waals surface area contributed by atoms with E-state index < -0.39 is 5.92 Å². The minimum atomic E-state index is -0.580. The predicted octanol–water partition coefficient (Wildman–Crippen LogP) is 2.99. The SMILES string of the molecule is CN(C)c1ccccc1C(=O)C1Cc2ccccc2C1=O. The molecule has 0 aliphatic heterocycles. The summed E-state index contributed by atoms with van der Waals surface area (Å²) in [6.07, 6.45) is 0.510. The van der Waals surface area contributed by atoms with Crippen LogP contribution in [0.15, 0.2) is 48.5 Å². The summed E-state index contributed by atoms with van der Waals surface area (Å²) in [6.45, 7) is 0. The van der Waals surface area contributed by atoms with Crippen molar-refractivity contribution in [3.63, 3.8) is 0 Å². The van der Waals surface area contributed by atoms with Gasteiger partial charge in [-0.1, -0.05) is 36.4 Å². The first kappa shape index (κ1) is 13.6. The number of hydrogen-bond acceptors (Lipinski definition) is 3. The zero-order valence-corrected chi connectivity index (χ0v) is 12.2. The van der Waals surface area contributed by atoms with Crippen molar-refractivity contribution in [2.75, 3.05) is 19.0 Å². The summed E-state index contributed by atoms with van der Waals surface area (Å²) < 4.78 is 0. The van der Waals surface area contributed by atoms with Gasteiger partial charge in [0.1, 0.15) is 0 Å². The van der Waals surface area contributed by atoms with E-state index in [-0.39, 0.29) is 11.6 Å². The quantitative estimate of drug-likeness (QED) is 0.640. The normalized spacial score (nSPS) is 16.7. The summed E-state index contributed by atoms with van der Waals surface area (Å²) in [4.78, 5) is 27.2. The van der Waals surface area contributed by atoms with E-state index in [1.54, 1.807) is 6.07 Å². The average molecular weight is 279 g/mol. The molecule has 0 saturated heterocycles. The third-order valence-electron chi connectivity index (χ3n) is 3.99. The Morgan fingerprint density at radius 3 is 2.43 bits per heavy atom. The Balaban J connectivity index is 1.97. The second-order valence-electron chi connectivity index (χ2n) is 5.55. The van der Waals surface area contributed by atoms with Crippen LogP contribution in [0, 0.1) is 5.92 Å². The molecular formula is C18H17NO2. The number of carbonyl (C=O) groups is 2. The molecule has 0 bridgehead atoms. The van der Waals surface area contributed by atoms with Crippen molar-refractivity contribution >= 4 is 17.3 Å². The van der Waals surface area contributed by atoms with Gasteiger partial charge in [-0.15, -0.1) is 0 Å². The van der Waals surface area contributed by atoms with Crippen LogP contribution in [0.4, 0.5) is 5.69 Å². The number of ketones is 2. The van der Waals surface area contributed by atoms with Gasteiger partial charge in [0.05, 0.1) is 5.92 Å². The summed E-state index contributed by atoms with van der Waals surface area (Å²) >= 11 is 0. The number of hydrogen-bond donors (Lipinski definition) is 0. The first-order chi connectivity index (χ1) is 10.1. The second-order valence-corrected chi connectivity index (χ2v) is 5.55.